The summed E-state index contributed by atoms with van der Waals surface area (Å²) in [6.45, 7) is 1.80. The lowest BCUT2D eigenvalue weighted by Gasteiger charge is -2.27. The van der Waals surface area contributed by atoms with E-state index in [-0.39, 0.29) is 22.9 Å². The summed E-state index contributed by atoms with van der Waals surface area (Å²) in [5.41, 5.74) is 2.91. The van der Waals surface area contributed by atoms with Crippen LogP contribution in [0.4, 0.5) is 5.69 Å². The smallest absolute Gasteiger partial charge is 0.329 e. The van der Waals surface area contributed by atoms with Gasteiger partial charge in [0.15, 0.2) is 0 Å². The molecule has 0 radical (unpaired) electrons. The number of para-hydroxylation sites is 1. The average molecular weight is 554 g/mol. The van der Waals surface area contributed by atoms with Crippen molar-refractivity contribution in [2.24, 2.45) is 5.10 Å². The molecule has 3 amide bonds. The molecule has 1 heterocycles. The summed E-state index contributed by atoms with van der Waals surface area (Å²) >= 11 is 6.48. The number of ether oxygens (including phenoxy) is 1. The molecule has 1 fully saturated rings. The van der Waals surface area contributed by atoms with Crippen molar-refractivity contribution in [1.29, 1.82) is 0 Å². The molecule has 0 aliphatic carbocycles. The Bertz CT molecular complexity index is 1040. The molecule has 3 N–H and O–H groups in total. The van der Waals surface area contributed by atoms with E-state index in [0.717, 1.165) is 0 Å². The van der Waals surface area contributed by atoms with E-state index >= 15 is 0 Å². The number of benzene rings is 2. The van der Waals surface area contributed by atoms with E-state index in [1.54, 1.807) is 41.3 Å². The summed E-state index contributed by atoms with van der Waals surface area (Å²) in [6, 6.07) is 9.68. The zero-order valence-corrected chi connectivity index (χ0v) is 19.3. The van der Waals surface area contributed by atoms with Gasteiger partial charge in [0.1, 0.15) is 5.75 Å². The predicted octanol–water partition coefficient (Wildman–Crippen LogP) is 2.48. The van der Waals surface area contributed by atoms with Gasteiger partial charge in [0, 0.05) is 23.1 Å². The third-order valence-corrected chi connectivity index (χ3v) is 5.40. The number of phenolic OH excluding ortho intramolecular Hbond substituents is 1. The lowest BCUT2D eigenvalue weighted by molar-refractivity contribution is -0.136. The van der Waals surface area contributed by atoms with Crippen LogP contribution < -0.4 is 10.7 Å². The van der Waals surface area contributed by atoms with Gasteiger partial charge in [0.2, 0.25) is 0 Å². The van der Waals surface area contributed by atoms with Crippen LogP contribution in [0.3, 0.4) is 0 Å². The summed E-state index contributed by atoms with van der Waals surface area (Å²) in [5.74, 6) is -2.34. The second kappa shape index (κ2) is 10.5. The van der Waals surface area contributed by atoms with Gasteiger partial charge in [-0.25, -0.2) is 5.43 Å². The molecule has 0 unspecified atom stereocenters. The molecule has 0 spiro atoms. The summed E-state index contributed by atoms with van der Waals surface area (Å²) in [7, 11) is 0. The molecule has 1 aliphatic heterocycles. The first-order valence-electron chi connectivity index (χ1n) is 9.15. The molecule has 1 aliphatic rings. The molecule has 3 rings (SSSR count). The zero-order valence-electron chi connectivity index (χ0n) is 16.1. The predicted molar refractivity (Wildman–Crippen MR) is 121 cm³/mol. The molecule has 31 heavy (non-hydrogen) atoms. The number of carbonyl (C=O) groups excluding carboxylic acids is 3. The monoisotopic (exact) mass is 552 g/mol. The van der Waals surface area contributed by atoms with Crippen molar-refractivity contribution in [1.82, 2.24) is 10.3 Å². The Kier molecular flexibility index (Phi) is 7.77. The first-order chi connectivity index (χ1) is 14.9. The number of nitrogens with zero attached hydrogens (tertiary/aromatic N) is 2. The average Bonchev–Trinajstić information content (AvgIpc) is 2.77. The molecule has 11 heteroatoms. The Morgan fingerprint density at radius 3 is 2.55 bits per heavy atom. The molecule has 0 bridgehead atoms. The maximum Gasteiger partial charge on any atom is 0.329 e. The van der Waals surface area contributed by atoms with E-state index < -0.39 is 11.8 Å². The highest BCUT2D eigenvalue weighted by Gasteiger charge is 2.23. The number of carbonyl (C=O) groups is 3. The third-order valence-electron chi connectivity index (χ3n) is 4.34. The molecular formula is C20H18Br2N4O5. The minimum atomic E-state index is -1.03. The molecule has 1 saturated heterocycles. The number of hydrogen-bond donors (Lipinski definition) is 3. The molecule has 0 atom stereocenters. The van der Waals surface area contributed by atoms with E-state index in [1.165, 1.54) is 6.21 Å². The number of amides is 3. The molecular weight excluding hydrogens is 536 g/mol. The number of morpholine rings is 1. The fourth-order valence-corrected chi connectivity index (χ4v) is 4.05. The van der Waals surface area contributed by atoms with Crippen LogP contribution in [0.2, 0.25) is 0 Å². The van der Waals surface area contributed by atoms with Gasteiger partial charge in [-0.1, -0.05) is 28.1 Å². The second-order valence-corrected chi connectivity index (χ2v) is 8.20. The Morgan fingerprint density at radius 1 is 1.10 bits per heavy atom. The van der Waals surface area contributed by atoms with E-state index in [1.807, 2.05) is 0 Å². The molecule has 2 aromatic rings. The van der Waals surface area contributed by atoms with Crippen LogP contribution in [0.1, 0.15) is 15.9 Å². The van der Waals surface area contributed by atoms with Crippen LogP contribution >= 0.6 is 31.9 Å². The fraction of sp³-hybridized carbons (Fsp3) is 0.200. The number of nitrogens with one attached hydrogen (secondary N) is 2. The molecule has 2 aromatic carbocycles. The first-order valence-corrected chi connectivity index (χ1v) is 10.7. The summed E-state index contributed by atoms with van der Waals surface area (Å²) < 4.78 is 6.37. The van der Waals surface area contributed by atoms with E-state index in [2.05, 4.69) is 47.7 Å². The van der Waals surface area contributed by atoms with Crippen molar-refractivity contribution in [2.45, 2.75) is 0 Å². The van der Waals surface area contributed by atoms with Crippen molar-refractivity contribution in [2.75, 3.05) is 31.6 Å². The number of phenols is 1. The number of anilines is 1. The number of halogens is 2. The van der Waals surface area contributed by atoms with E-state index in [0.29, 0.717) is 40.8 Å². The SMILES string of the molecule is O=C(N/N=C/c1cc(Br)cc(Br)c1O)C(=O)Nc1ccccc1C(=O)N1CCOCC1. The number of rotatable bonds is 4. The Morgan fingerprint density at radius 2 is 1.81 bits per heavy atom. The van der Waals surface area contributed by atoms with Crippen LogP contribution in [0.25, 0.3) is 0 Å². The van der Waals surface area contributed by atoms with E-state index in [4.69, 9.17) is 4.74 Å². The highest BCUT2D eigenvalue weighted by Crippen LogP contribution is 2.30. The summed E-state index contributed by atoms with van der Waals surface area (Å²) in [5, 5.41) is 16.1. The first kappa shape index (κ1) is 22.9. The van der Waals surface area contributed by atoms with Crippen LogP contribution in [0.5, 0.6) is 5.75 Å². The fourth-order valence-electron chi connectivity index (χ4n) is 2.79. The van der Waals surface area contributed by atoms with Crippen LogP contribution in [-0.4, -0.2) is 60.2 Å². The lowest BCUT2D eigenvalue weighted by atomic mass is 10.1. The van der Waals surface area contributed by atoms with Crippen molar-refractivity contribution in [3.8, 4) is 5.75 Å². The van der Waals surface area contributed by atoms with Crippen LogP contribution in [0.15, 0.2) is 50.4 Å². The molecule has 0 aromatic heterocycles. The number of hydrazone groups is 1. The molecule has 9 nitrogen and oxygen atoms in total. The third kappa shape index (κ3) is 5.90. The van der Waals surface area contributed by atoms with Gasteiger partial charge in [-0.2, -0.15) is 5.10 Å². The van der Waals surface area contributed by atoms with Crippen molar-refractivity contribution >= 4 is 61.5 Å². The minimum absolute atomic E-state index is 0.0683. The number of hydrogen-bond acceptors (Lipinski definition) is 6. The van der Waals surface area contributed by atoms with Crippen molar-refractivity contribution < 1.29 is 24.2 Å². The Balaban J connectivity index is 1.65. The standard InChI is InChI=1S/C20H18Br2N4O5/c21-13-9-12(17(27)15(22)10-13)11-23-25-19(29)18(28)24-16-4-2-1-3-14(16)20(30)26-5-7-31-8-6-26/h1-4,9-11,27H,5-8H2,(H,24,28)(H,25,29)/b23-11+. The lowest BCUT2D eigenvalue weighted by Crippen LogP contribution is -2.41. The molecule has 162 valence electrons. The van der Waals surface area contributed by atoms with Crippen LogP contribution in [0, 0.1) is 0 Å². The van der Waals surface area contributed by atoms with Gasteiger partial charge in [0.25, 0.3) is 5.91 Å². The van der Waals surface area contributed by atoms with Gasteiger partial charge in [-0.3, -0.25) is 14.4 Å². The molecule has 0 saturated carbocycles. The quantitative estimate of drug-likeness (QED) is 0.305. The largest absolute Gasteiger partial charge is 0.506 e. The van der Waals surface area contributed by atoms with Gasteiger partial charge in [-0.15, -0.1) is 0 Å². The normalized spacial score (nSPS) is 13.8. The van der Waals surface area contributed by atoms with E-state index in [9.17, 15) is 19.5 Å². The van der Waals surface area contributed by atoms with Gasteiger partial charge >= 0.3 is 11.8 Å². The number of aromatic hydroxyl groups is 1. The highest BCUT2D eigenvalue weighted by molar-refractivity contribution is 9.11. The highest BCUT2D eigenvalue weighted by atomic mass is 79.9. The van der Waals surface area contributed by atoms with Crippen molar-refractivity contribution in [3.63, 3.8) is 0 Å². The Hall–Kier alpha value is -2.76. The van der Waals surface area contributed by atoms with Crippen LogP contribution in [-0.2, 0) is 14.3 Å². The zero-order chi connectivity index (χ0) is 22.4. The van der Waals surface area contributed by atoms with Crippen molar-refractivity contribution in [3.05, 3.63) is 56.5 Å². The maximum atomic E-state index is 12.8. The summed E-state index contributed by atoms with van der Waals surface area (Å²) in [6.07, 6.45) is 1.20. The Labute approximate surface area is 194 Å². The minimum Gasteiger partial charge on any atom is -0.506 e. The van der Waals surface area contributed by atoms with Gasteiger partial charge < -0.3 is 20.1 Å². The second-order valence-electron chi connectivity index (χ2n) is 6.43. The van der Waals surface area contributed by atoms with Gasteiger partial charge in [0.05, 0.1) is 35.2 Å². The maximum absolute atomic E-state index is 12.8. The topological polar surface area (TPSA) is 120 Å². The summed E-state index contributed by atoms with van der Waals surface area (Å²) in [4.78, 5) is 38.8. The van der Waals surface area contributed by atoms with Gasteiger partial charge in [-0.05, 0) is 40.2 Å².